The molecular weight excluding hydrogens is 506 g/mol. The van der Waals surface area contributed by atoms with Crippen LogP contribution in [-0.2, 0) is 4.74 Å². The Morgan fingerprint density at radius 3 is 2.27 bits per heavy atom. The third-order valence-corrected chi connectivity index (χ3v) is 7.50. The minimum Gasteiger partial charge on any atom is -0.457 e. The van der Waals surface area contributed by atoms with Gasteiger partial charge in [0.15, 0.2) is 5.65 Å². The molecule has 0 saturated carbocycles. The average Bonchev–Trinajstić information content (AvgIpc) is 3.29. The lowest BCUT2D eigenvalue weighted by atomic mass is 10.00. The normalized spacial score (nSPS) is 17.1. The van der Waals surface area contributed by atoms with Crippen LogP contribution in [0.2, 0.25) is 0 Å². The molecule has 1 amide bonds. The SMILES string of the molecule is CC(C)(C)OC(=O)N1CC(N2CCC(n3nc(-c4ccc(Oc5ccccc5)cc4)c4c(N)ncnc43)CC2)C1. The van der Waals surface area contributed by atoms with Crippen LogP contribution in [0.5, 0.6) is 11.5 Å². The molecule has 0 aliphatic carbocycles. The Balaban J connectivity index is 1.15. The number of nitrogen functional groups attached to an aromatic ring is 1. The first-order valence-electron chi connectivity index (χ1n) is 13.8. The highest BCUT2D eigenvalue weighted by molar-refractivity contribution is 5.98. The van der Waals surface area contributed by atoms with Gasteiger partial charge < -0.3 is 20.1 Å². The number of aromatic nitrogens is 4. The second-order valence-corrected chi connectivity index (χ2v) is 11.5. The standard InChI is InChI=1S/C30H35N7O3/c1-30(2,3)40-29(38)36-17-22(18-36)35-15-13-21(14-16-35)37-28-25(27(31)32-19-33-28)26(34-37)20-9-11-24(12-10-20)39-23-7-5-4-6-8-23/h4-12,19,21-22H,13-18H2,1-3H3,(H2,31,32,33). The number of carbonyl (C=O) groups excluding carboxylic acids is 1. The molecule has 0 atom stereocenters. The molecule has 10 nitrogen and oxygen atoms in total. The Labute approximate surface area is 233 Å². The highest BCUT2D eigenvalue weighted by Gasteiger charge is 2.38. The highest BCUT2D eigenvalue weighted by Crippen LogP contribution is 2.36. The quantitative estimate of drug-likeness (QED) is 0.370. The Morgan fingerprint density at radius 1 is 0.925 bits per heavy atom. The number of benzene rings is 2. The lowest BCUT2D eigenvalue weighted by Gasteiger charge is -2.47. The van der Waals surface area contributed by atoms with Crippen LogP contribution in [0.15, 0.2) is 60.9 Å². The third-order valence-electron chi connectivity index (χ3n) is 7.50. The average molecular weight is 542 g/mol. The van der Waals surface area contributed by atoms with Crippen LogP contribution in [0.3, 0.4) is 0 Å². The number of fused-ring (bicyclic) bond motifs is 1. The molecule has 6 rings (SSSR count). The fourth-order valence-corrected chi connectivity index (χ4v) is 5.41. The predicted molar refractivity (Wildman–Crippen MR) is 153 cm³/mol. The first kappa shape index (κ1) is 26.1. The van der Waals surface area contributed by atoms with E-state index in [9.17, 15) is 4.79 Å². The topological polar surface area (TPSA) is 112 Å². The zero-order valence-corrected chi connectivity index (χ0v) is 23.2. The van der Waals surface area contributed by atoms with Crippen molar-refractivity contribution in [3.05, 3.63) is 60.9 Å². The molecule has 2 aliphatic heterocycles. The minimum atomic E-state index is -0.475. The van der Waals surface area contributed by atoms with Crippen LogP contribution < -0.4 is 10.5 Å². The molecule has 4 aromatic rings. The van der Waals surface area contributed by atoms with Crippen molar-refractivity contribution in [1.82, 2.24) is 29.5 Å². The number of piperidine rings is 1. The van der Waals surface area contributed by atoms with Gasteiger partial charge in [-0.3, -0.25) is 4.90 Å². The third kappa shape index (κ3) is 5.31. The zero-order valence-electron chi connectivity index (χ0n) is 23.2. The second kappa shape index (κ2) is 10.4. The van der Waals surface area contributed by atoms with E-state index < -0.39 is 5.60 Å². The first-order valence-corrected chi connectivity index (χ1v) is 13.8. The van der Waals surface area contributed by atoms with E-state index in [1.165, 1.54) is 6.33 Å². The molecule has 40 heavy (non-hydrogen) atoms. The first-order chi connectivity index (χ1) is 19.2. The summed E-state index contributed by atoms with van der Waals surface area (Å²) in [6.45, 7) is 8.97. The van der Waals surface area contributed by atoms with Crippen molar-refractivity contribution in [2.75, 3.05) is 31.9 Å². The lowest BCUT2D eigenvalue weighted by molar-refractivity contribution is -0.0213. The van der Waals surface area contributed by atoms with Crippen LogP contribution in [0, 0.1) is 0 Å². The van der Waals surface area contributed by atoms with Crippen LogP contribution >= 0.6 is 0 Å². The molecular formula is C30H35N7O3. The number of hydrogen-bond acceptors (Lipinski definition) is 8. The number of anilines is 1. The smallest absolute Gasteiger partial charge is 0.410 e. The number of para-hydroxylation sites is 1. The van der Waals surface area contributed by atoms with E-state index in [4.69, 9.17) is 20.3 Å². The molecule has 10 heteroatoms. The van der Waals surface area contributed by atoms with Gasteiger partial charge in [0.05, 0.1) is 11.4 Å². The summed E-state index contributed by atoms with van der Waals surface area (Å²) in [4.78, 5) is 25.4. The van der Waals surface area contributed by atoms with Crippen LogP contribution in [0.25, 0.3) is 22.3 Å². The highest BCUT2D eigenvalue weighted by atomic mass is 16.6. The fourth-order valence-electron chi connectivity index (χ4n) is 5.41. The van der Waals surface area contributed by atoms with Gasteiger partial charge in [-0.25, -0.2) is 19.4 Å². The van der Waals surface area contributed by atoms with E-state index >= 15 is 0 Å². The van der Waals surface area contributed by atoms with E-state index in [0.717, 1.165) is 59.7 Å². The number of rotatable bonds is 5. The molecule has 0 spiro atoms. The number of nitrogens with two attached hydrogens (primary N) is 1. The van der Waals surface area contributed by atoms with Crippen molar-refractivity contribution in [3.8, 4) is 22.8 Å². The monoisotopic (exact) mass is 541 g/mol. The van der Waals surface area contributed by atoms with Crippen LogP contribution in [0.4, 0.5) is 10.6 Å². The molecule has 0 bridgehead atoms. The number of amides is 1. The largest absolute Gasteiger partial charge is 0.457 e. The number of ether oxygens (including phenoxy) is 2. The molecule has 2 saturated heterocycles. The second-order valence-electron chi connectivity index (χ2n) is 11.5. The van der Waals surface area contributed by atoms with Crippen LogP contribution in [0.1, 0.15) is 39.7 Å². The summed E-state index contributed by atoms with van der Waals surface area (Å²) in [5.74, 6) is 1.95. The summed E-state index contributed by atoms with van der Waals surface area (Å²) in [6, 6.07) is 18.1. The molecule has 2 aromatic heterocycles. The van der Waals surface area contributed by atoms with Crippen molar-refractivity contribution in [1.29, 1.82) is 0 Å². The molecule has 0 unspecified atom stereocenters. The van der Waals surface area contributed by atoms with E-state index in [1.54, 1.807) is 4.90 Å². The van der Waals surface area contributed by atoms with Gasteiger partial charge in [-0.15, -0.1) is 0 Å². The lowest BCUT2D eigenvalue weighted by Crippen LogP contribution is -2.62. The van der Waals surface area contributed by atoms with Gasteiger partial charge in [-0.2, -0.15) is 5.10 Å². The number of nitrogens with zero attached hydrogens (tertiary/aromatic N) is 6. The van der Waals surface area contributed by atoms with Crippen molar-refractivity contribution >= 4 is 22.9 Å². The van der Waals surface area contributed by atoms with Crippen molar-refractivity contribution in [3.63, 3.8) is 0 Å². The van der Waals surface area contributed by atoms with Gasteiger partial charge in [0.2, 0.25) is 0 Å². The van der Waals surface area contributed by atoms with Gasteiger partial charge in [0.1, 0.15) is 34.9 Å². The zero-order chi connectivity index (χ0) is 27.9. The summed E-state index contributed by atoms with van der Waals surface area (Å²) in [5.41, 5.74) is 8.33. The summed E-state index contributed by atoms with van der Waals surface area (Å²) in [6.07, 6.45) is 3.15. The summed E-state index contributed by atoms with van der Waals surface area (Å²) < 4.78 is 13.5. The summed E-state index contributed by atoms with van der Waals surface area (Å²) in [7, 11) is 0. The fraction of sp³-hybridized carbons (Fsp3) is 0.400. The Morgan fingerprint density at radius 2 is 1.60 bits per heavy atom. The predicted octanol–water partition coefficient (Wildman–Crippen LogP) is 5.12. The van der Waals surface area contributed by atoms with Crippen LogP contribution in [-0.4, -0.2) is 73.5 Å². The van der Waals surface area contributed by atoms with Crippen molar-refractivity contribution in [2.24, 2.45) is 0 Å². The summed E-state index contributed by atoms with van der Waals surface area (Å²) in [5, 5.41) is 5.81. The molecule has 2 fully saturated rings. The maximum Gasteiger partial charge on any atom is 0.410 e. The minimum absolute atomic E-state index is 0.199. The molecule has 2 aromatic carbocycles. The summed E-state index contributed by atoms with van der Waals surface area (Å²) >= 11 is 0. The Hall–Kier alpha value is -4.18. The number of carbonyl (C=O) groups is 1. The maximum absolute atomic E-state index is 12.3. The van der Waals surface area contributed by atoms with E-state index in [-0.39, 0.29) is 12.1 Å². The van der Waals surface area contributed by atoms with Gasteiger partial charge >= 0.3 is 6.09 Å². The Kier molecular flexibility index (Phi) is 6.79. The van der Waals surface area contributed by atoms with E-state index in [1.807, 2.05) is 80.1 Å². The molecule has 2 N–H and O–H groups in total. The van der Waals surface area contributed by atoms with E-state index in [2.05, 4.69) is 14.9 Å². The molecule has 4 heterocycles. The molecule has 208 valence electrons. The van der Waals surface area contributed by atoms with E-state index in [0.29, 0.717) is 24.9 Å². The Bertz CT molecular complexity index is 1480. The van der Waals surface area contributed by atoms with Gasteiger partial charge in [0.25, 0.3) is 0 Å². The maximum atomic E-state index is 12.3. The molecule has 0 radical (unpaired) electrons. The number of likely N-dealkylation sites (tertiary alicyclic amines) is 2. The van der Waals surface area contributed by atoms with Crippen molar-refractivity contribution in [2.45, 2.75) is 51.3 Å². The molecule has 2 aliphatic rings. The van der Waals surface area contributed by atoms with Gasteiger partial charge in [-0.05, 0) is 70.0 Å². The van der Waals surface area contributed by atoms with Crippen molar-refractivity contribution < 1.29 is 14.3 Å². The van der Waals surface area contributed by atoms with Gasteiger partial charge in [0, 0.05) is 37.8 Å². The number of hydrogen-bond donors (Lipinski definition) is 1. The van der Waals surface area contributed by atoms with Gasteiger partial charge in [-0.1, -0.05) is 18.2 Å².